The third-order valence-corrected chi connectivity index (χ3v) is 5.03. The van der Waals surface area contributed by atoms with Crippen molar-refractivity contribution in [3.8, 4) is 5.82 Å². The van der Waals surface area contributed by atoms with Gasteiger partial charge in [0.1, 0.15) is 6.33 Å². The molecular formula is C19H23FN8O. The number of piperazine rings is 1. The van der Waals surface area contributed by atoms with Gasteiger partial charge in [0, 0.05) is 44.5 Å². The summed E-state index contributed by atoms with van der Waals surface area (Å²) in [6.07, 6.45) is 2.54. The standard InChI is InChI=1S/C19H23FN8O/c1-14-11-15(2)28(23-14)17-3-4-18(29)27(24-17)10-7-25-5-8-26(9-6-25)19-16(20)12-21-13-22-19/h3-4,11-13H,5-10H2,1-2H3. The van der Waals surface area contributed by atoms with E-state index < -0.39 is 5.82 Å². The van der Waals surface area contributed by atoms with E-state index in [4.69, 9.17) is 0 Å². The second-order valence-corrected chi connectivity index (χ2v) is 7.11. The summed E-state index contributed by atoms with van der Waals surface area (Å²) in [7, 11) is 0. The number of nitrogens with zero attached hydrogens (tertiary/aromatic N) is 8. The summed E-state index contributed by atoms with van der Waals surface area (Å²) >= 11 is 0. The predicted octanol–water partition coefficient (Wildman–Crippen LogP) is 0.797. The normalized spacial score (nSPS) is 15.1. The van der Waals surface area contributed by atoms with Crippen molar-refractivity contribution in [2.75, 3.05) is 37.6 Å². The quantitative estimate of drug-likeness (QED) is 0.628. The lowest BCUT2D eigenvalue weighted by Crippen LogP contribution is -2.48. The molecule has 10 heteroatoms. The van der Waals surface area contributed by atoms with Gasteiger partial charge < -0.3 is 4.90 Å². The Morgan fingerprint density at radius 3 is 2.55 bits per heavy atom. The van der Waals surface area contributed by atoms with Crippen molar-refractivity contribution in [3.63, 3.8) is 0 Å². The third kappa shape index (κ3) is 4.16. The van der Waals surface area contributed by atoms with E-state index in [0.29, 0.717) is 37.8 Å². The molecular weight excluding hydrogens is 375 g/mol. The maximum absolute atomic E-state index is 13.9. The Balaban J connectivity index is 1.39. The molecule has 152 valence electrons. The first-order valence-electron chi connectivity index (χ1n) is 9.56. The summed E-state index contributed by atoms with van der Waals surface area (Å²) < 4.78 is 17.1. The minimum Gasteiger partial charge on any atom is -0.352 e. The Morgan fingerprint density at radius 2 is 1.86 bits per heavy atom. The van der Waals surface area contributed by atoms with E-state index in [1.165, 1.54) is 23.3 Å². The van der Waals surface area contributed by atoms with E-state index >= 15 is 0 Å². The Morgan fingerprint density at radius 1 is 1.07 bits per heavy atom. The van der Waals surface area contributed by atoms with E-state index in [0.717, 1.165) is 24.5 Å². The van der Waals surface area contributed by atoms with Gasteiger partial charge in [-0.15, -0.1) is 5.10 Å². The SMILES string of the molecule is Cc1cc(C)n(-c2ccc(=O)n(CCN3CCN(c4ncncc4F)CC3)n2)n1. The van der Waals surface area contributed by atoms with Crippen molar-refractivity contribution in [2.45, 2.75) is 20.4 Å². The minimum atomic E-state index is -0.405. The Bertz CT molecular complexity index is 1050. The van der Waals surface area contributed by atoms with Gasteiger partial charge in [0.05, 0.1) is 18.4 Å². The first-order valence-corrected chi connectivity index (χ1v) is 9.56. The van der Waals surface area contributed by atoms with Crippen LogP contribution in [0.3, 0.4) is 0 Å². The monoisotopic (exact) mass is 398 g/mol. The topological polar surface area (TPSA) is 85.0 Å². The number of anilines is 1. The third-order valence-electron chi connectivity index (χ3n) is 5.03. The van der Waals surface area contributed by atoms with Gasteiger partial charge in [-0.2, -0.15) is 5.10 Å². The molecule has 4 heterocycles. The van der Waals surface area contributed by atoms with Crippen LogP contribution in [0, 0.1) is 19.7 Å². The summed E-state index contributed by atoms with van der Waals surface area (Å²) in [5, 5.41) is 8.90. The number of halogens is 1. The molecule has 0 N–H and O–H groups in total. The van der Waals surface area contributed by atoms with Crippen molar-refractivity contribution >= 4 is 5.82 Å². The summed E-state index contributed by atoms with van der Waals surface area (Å²) in [5.41, 5.74) is 1.73. The fraction of sp³-hybridized carbons (Fsp3) is 0.421. The van der Waals surface area contributed by atoms with Crippen molar-refractivity contribution in [3.05, 3.63) is 58.3 Å². The predicted molar refractivity (Wildman–Crippen MR) is 106 cm³/mol. The second kappa shape index (κ2) is 8.08. The summed E-state index contributed by atoms with van der Waals surface area (Å²) in [5.74, 6) is 0.562. The molecule has 0 radical (unpaired) electrons. The average molecular weight is 398 g/mol. The highest BCUT2D eigenvalue weighted by Crippen LogP contribution is 2.16. The lowest BCUT2D eigenvalue weighted by molar-refractivity contribution is 0.241. The van der Waals surface area contributed by atoms with Gasteiger partial charge in [0.25, 0.3) is 5.56 Å². The van der Waals surface area contributed by atoms with Gasteiger partial charge >= 0.3 is 0 Å². The molecule has 3 aromatic heterocycles. The van der Waals surface area contributed by atoms with Crippen LogP contribution in [0.15, 0.2) is 35.5 Å². The second-order valence-electron chi connectivity index (χ2n) is 7.11. The van der Waals surface area contributed by atoms with Crippen molar-refractivity contribution in [2.24, 2.45) is 0 Å². The van der Waals surface area contributed by atoms with Gasteiger partial charge in [0.15, 0.2) is 17.5 Å². The molecule has 0 bridgehead atoms. The van der Waals surface area contributed by atoms with Crippen LogP contribution in [0.4, 0.5) is 10.2 Å². The Hall–Kier alpha value is -3.14. The van der Waals surface area contributed by atoms with Crippen LogP contribution in [0.2, 0.25) is 0 Å². The molecule has 3 aromatic rings. The van der Waals surface area contributed by atoms with E-state index in [1.807, 2.05) is 24.8 Å². The Labute approximate surface area is 167 Å². The maximum Gasteiger partial charge on any atom is 0.266 e. The molecule has 4 rings (SSSR count). The lowest BCUT2D eigenvalue weighted by Gasteiger charge is -2.35. The molecule has 0 amide bonds. The molecule has 1 aliphatic heterocycles. The molecule has 0 spiro atoms. The number of aromatic nitrogens is 6. The maximum atomic E-state index is 13.9. The molecule has 0 aliphatic carbocycles. The van der Waals surface area contributed by atoms with E-state index in [9.17, 15) is 9.18 Å². The highest BCUT2D eigenvalue weighted by atomic mass is 19.1. The summed E-state index contributed by atoms with van der Waals surface area (Å²) in [6, 6.07) is 5.18. The van der Waals surface area contributed by atoms with Crippen molar-refractivity contribution in [1.82, 2.24) is 34.4 Å². The largest absolute Gasteiger partial charge is 0.352 e. The zero-order valence-corrected chi connectivity index (χ0v) is 16.5. The molecule has 1 aliphatic rings. The van der Waals surface area contributed by atoms with Gasteiger partial charge in [0.2, 0.25) is 0 Å². The number of aryl methyl sites for hydroxylation is 2. The van der Waals surface area contributed by atoms with Crippen LogP contribution in [-0.4, -0.2) is 67.2 Å². The van der Waals surface area contributed by atoms with E-state index in [-0.39, 0.29) is 5.56 Å². The Kier molecular flexibility index (Phi) is 5.34. The van der Waals surface area contributed by atoms with Gasteiger partial charge in [-0.3, -0.25) is 9.69 Å². The average Bonchev–Trinajstić information content (AvgIpc) is 3.06. The molecule has 1 fully saturated rings. The molecule has 0 aromatic carbocycles. The van der Waals surface area contributed by atoms with Crippen molar-refractivity contribution < 1.29 is 4.39 Å². The molecule has 0 saturated carbocycles. The highest BCUT2D eigenvalue weighted by Gasteiger charge is 2.20. The van der Waals surface area contributed by atoms with Crippen LogP contribution >= 0.6 is 0 Å². The minimum absolute atomic E-state index is 0.142. The molecule has 0 atom stereocenters. The van der Waals surface area contributed by atoms with E-state index in [2.05, 4.69) is 25.1 Å². The van der Waals surface area contributed by atoms with E-state index in [1.54, 1.807) is 10.7 Å². The van der Waals surface area contributed by atoms with Crippen LogP contribution in [0.25, 0.3) is 5.82 Å². The molecule has 0 unspecified atom stereocenters. The molecule has 1 saturated heterocycles. The fourth-order valence-corrected chi connectivity index (χ4v) is 3.53. The summed E-state index contributed by atoms with van der Waals surface area (Å²) in [4.78, 5) is 24.1. The van der Waals surface area contributed by atoms with Gasteiger partial charge in [-0.25, -0.2) is 23.7 Å². The van der Waals surface area contributed by atoms with Crippen LogP contribution in [-0.2, 0) is 6.54 Å². The first-order chi connectivity index (χ1) is 14.0. The summed E-state index contributed by atoms with van der Waals surface area (Å²) in [6.45, 7) is 7.90. The van der Waals surface area contributed by atoms with Crippen LogP contribution in [0.1, 0.15) is 11.4 Å². The highest BCUT2D eigenvalue weighted by molar-refractivity contribution is 5.38. The zero-order valence-electron chi connectivity index (χ0n) is 16.5. The van der Waals surface area contributed by atoms with Crippen LogP contribution in [0.5, 0.6) is 0 Å². The van der Waals surface area contributed by atoms with Crippen molar-refractivity contribution in [1.29, 1.82) is 0 Å². The van der Waals surface area contributed by atoms with Gasteiger partial charge in [-0.1, -0.05) is 0 Å². The number of hydrogen-bond acceptors (Lipinski definition) is 7. The first kappa shape index (κ1) is 19.2. The molecule has 29 heavy (non-hydrogen) atoms. The van der Waals surface area contributed by atoms with Gasteiger partial charge in [-0.05, 0) is 26.0 Å². The fourth-order valence-electron chi connectivity index (χ4n) is 3.53. The molecule has 9 nitrogen and oxygen atoms in total. The van der Waals surface area contributed by atoms with Crippen LogP contribution < -0.4 is 10.5 Å². The zero-order chi connectivity index (χ0) is 20.4. The number of rotatable bonds is 5. The lowest BCUT2D eigenvalue weighted by atomic mass is 10.3. The smallest absolute Gasteiger partial charge is 0.266 e. The number of hydrogen-bond donors (Lipinski definition) is 0.